The van der Waals surface area contributed by atoms with E-state index in [2.05, 4.69) is 28.9 Å². The van der Waals surface area contributed by atoms with E-state index in [4.69, 9.17) is 18.0 Å². The van der Waals surface area contributed by atoms with Gasteiger partial charge in [0.05, 0.1) is 5.56 Å². The summed E-state index contributed by atoms with van der Waals surface area (Å²) in [6.07, 6.45) is 2.98. The molecular formula is C13H20N4S. The summed E-state index contributed by atoms with van der Waals surface area (Å²) in [6, 6.07) is 2.53. The Labute approximate surface area is 114 Å². The Bertz CT molecular complexity index is 458. The molecule has 0 spiro atoms. The van der Waals surface area contributed by atoms with Crippen molar-refractivity contribution in [3.05, 3.63) is 23.4 Å². The van der Waals surface area contributed by atoms with Crippen LogP contribution in [0.5, 0.6) is 0 Å². The Morgan fingerprint density at radius 1 is 1.56 bits per heavy atom. The average Bonchev–Trinajstić information content (AvgIpc) is 2.77. The Morgan fingerprint density at radius 2 is 2.28 bits per heavy atom. The van der Waals surface area contributed by atoms with E-state index in [-0.39, 0.29) is 0 Å². The van der Waals surface area contributed by atoms with Gasteiger partial charge in [-0.05, 0) is 39.1 Å². The van der Waals surface area contributed by atoms with Crippen LogP contribution in [-0.2, 0) is 0 Å². The molecular weight excluding hydrogens is 244 g/mol. The summed E-state index contributed by atoms with van der Waals surface area (Å²) < 4.78 is 0. The van der Waals surface area contributed by atoms with E-state index in [0.717, 1.165) is 36.5 Å². The van der Waals surface area contributed by atoms with E-state index in [1.807, 2.05) is 19.2 Å². The molecule has 1 unspecified atom stereocenters. The van der Waals surface area contributed by atoms with Crippen LogP contribution in [-0.4, -0.2) is 48.1 Å². The van der Waals surface area contributed by atoms with Crippen LogP contribution in [0, 0.1) is 6.92 Å². The highest BCUT2D eigenvalue weighted by molar-refractivity contribution is 7.80. The lowest BCUT2D eigenvalue weighted by Crippen LogP contribution is -2.32. The van der Waals surface area contributed by atoms with Gasteiger partial charge in [-0.3, -0.25) is 0 Å². The van der Waals surface area contributed by atoms with Crippen molar-refractivity contribution in [2.24, 2.45) is 5.73 Å². The van der Waals surface area contributed by atoms with E-state index in [1.54, 1.807) is 0 Å². The minimum atomic E-state index is 0.434. The summed E-state index contributed by atoms with van der Waals surface area (Å²) in [7, 11) is 4.23. The van der Waals surface area contributed by atoms with Crippen molar-refractivity contribution in [1.82, 2.24) is 9.88 Å². The zero-order valence-corrected chi connectivity index (χ0v) is 12.0. The summed E-state index contributed by atoms with van der Waals surface area (Å²) in [4.78, 5) is 9.45. The van der Waals surface area contributed by atoms with E-state index >= 15 is 0 Å². The number of anilines is 1. The molecule has 98 valence electrons. The first-order valence-electron chi connectivity index (χ1n) is 6.17. The number of aryl methyl sites for hydroxylation is 1. The minimum absolute atomic E-state index is 0.434. The zero-order chi connectivity index (χ0) is 13.3. The Hall–Kier alpha value is -1.20. The summed E-state index contributed by atoms with van der Waals surface area (Å²) in [5.41, 5.74) is 7.85. The maximum Gasteiger partial charge on any atom is 0.139 e. The maximum absolute atomic E-state index is 5.83. The largest absolute Gasteiger partial charge is 0.389 e. The fraction of sp³-hybridized carbons (Fsp3) is 0.538. The second-order valence-electron chi connectivity index (χ2n) is 5.04. The van der Waals surface area contributed by atoms with Crippen molar-refractivity contribution in [3.8, 4) is 0 Å². The predicted octanol–water partition coefficient (Wildman–Crippen LogP) is 1.16. The van der Waals surface area contributed by atoms with Crippen LogP contribution < -0.4 is 10.6 Å². The van der Waals surface area contributed by atoms with Crippen LogP contribution >= 0.6 is 12.2 Å². The van der Waals surface area contributed by atoms with Gasteiger partial charge in [-0.15, -0.1) is 0 Å². The lowest BCUT2D eigenvalue weighted by Gasteiger charge is -2.23. The van der Waals surface area contributed by atoms with Crippen molar-refractivity contribution in [1.29, 1.82) is 0 Å². The summed E-state index contributed by atoms with van der Waals surface area (Å²) in [5, 5.41) is 0. The third-order valence-corrected chi connectivity index (χ3v) is 3.78. The highest BCUT2D eigenvalue weighted by Crippen LogP contribution is 2.25. The molecule has 0 bridgehead atoms. The van der Waals surface area contributed by atoms with Gasteiger partial charge in [-0.2, -0.15) is 0 Å². The van der Waals surface area contributed by atoms with E-state index in [1.165, 1.54) is 0 Å². The number of likely N-dealkylation sites (N-methyl/N-ethyl adjacent to an activating group) is 1. The number of nitrogens with zero attached hydrogens (tertiary/aromatic N) is 3. The monoisotopic (exact) mass is 264 g/mol. The SMILES string of the molecule is Cc1ccnc(N2CCC(N(C)C)C2)c1C(N)=S. The number of rotatable bonds is 3. The topological polar surface area (TPSA) is 45.4 Å². The first kappa shape index (κ1) is 13.2. The van der Waals surface area contributed by atoms with E-state index in [0.29, 0.717) is 11.0 Å². The third kappa shape index (κ3) is 2.47. The Balaban J connectivity index is 2.30. The summed E-state index contributed by atoms with van der Waals surface area (Å²) >= 11 is 5.15. The molecule has 0 aliphatic carbocycles. The molecule has 0 saturated carbocycles. The highest BCUT2D eigenvalue weighted by Gasteiger charge is 2.27. The molecule has 1 saturated heterocycles. The van der Waals surface area contributed by atoms with Crippen LogP contribution in [0.4, 0.5) is 5.82 Å². The molecule has 1 aliphatic heterocycles. The molecule has 0 amide bonds. The summed E-state index contributed by atoms with van der Waals surface area (Å²) in [5.74, 6) is 0.937. The van der Waals surface area contributed by atoms with Crippen molar-refractivity contribution in [3.63, 3.8) is 0 Å². The quantitative estimate of drug-likeness (QED) is 0.830. The Morgan fingerprint density at radius 3 is 2.83 bits per heavy atom. The number of thiocarbonyl (C=S) groups is 1. The van der Waals surface area contributed by atoms with Crippen LogP contribution in [0.2, 0.25) is 0 Å². The highest BCUT2D eigenvalue weighted by atomic mass is 32.1. The number of aromatic nitrogens is 1. The lowest BCUT2D eigenvalue weighted by molar-refractivity contribution is 0.315. The number of hydrogen-bond acceptors (Lipinski definition) is 4. The molecule has 1 aromatic heterocycles. The van der Waals surface area contributed by atoms with Gasteiger partial charge in [0.2, 0.25) is 0 Å². The molecule has 4 nitrogen and oxygen atoms in total. The van der Waals surface area contributed by atoms with Crippen molar-refractivity contribution in [2.45, 2.75) is 19.4 Å². The smallest absolute Gasteiger partial charge is 0.139 e. The lowest BCUT2D eigenvalue weighted by atomic mass is 10.1. The molecule has 1 aromatic rings. The zero-order valence-electron chi connectivity index (χ0n) is 11.2. The predicted molar refractivity (Wildman–Crippen MR) is 79.2 cm³/mol. The van der Waals surface area contributed by atoms with Gasteiger partial charge in [0, 0.05) is 25.3 Å². The second-order valence-corrected chi connectivity index (χ2v) is 5.48. The Kier molecular flexibility index (Phi) is 3.82. The minimum Gasteiger partial charge on any atom is -0.389 e. The molecule has 1 fully saturated rings. The first-order chi connectivity index (χ1) is 8.50. The van der Waals surface area contributed by atoms with Gasteiger partial charge in [-0.25, -0.2) is 4.98 Å². The van der Waals surface area contributed by atoms with Gasteiger partial charge >= 0.3 is 0 Å². The number of pyridine rings is 1. The maximum atomic E-state index is 5.83. The molecule has 1 atom stereocenters. The van der Waals surface area contributed by atoms with E-state index in [9.17, 15) is 0 Å². The molecule has 0 radical (unpaired) electrons. The molecule has 18 heavy (non-hydrogen) atoms. The molecule has 5 heteroatoms. The molecule has 2 heterocycles. The standard InChI is InChI=1S/C13H20N4S/c1-9-4-6-15-13(11(9)12(14)18)17-7-5-10(8-17)16(2)3/h4,6,10H,5,7-8H2,1-3H3,(H2,14,18). The fourth-order valence-corrected chi connectivity index (χ4v) is 2.70. The van der Waals surface area contributed by atoms with Gasteiger partial charge < -0.3 is 15.5 Å². The van der Waals surface area contributed by atoms with Gasteiger partial charge in [0.15, 0.2) is 0 Å². The van der Waals surface area contributed by atoms with Gasteiger partial charge in [-0.1, -0.05) is 12.2 Å². The van der Waals surface area contributed by atoms with Gasteiger partial charge in [0.25, 0.3) is 0 Å². The van der Waals surface area contributed by atoms with Crippen LogP contribution in [0.1, 0.15) is 17.5 Å². The summed E-state index contributed by atoms with van der Waals surface area (Å²) in [6.45, 7) is 4.02. The van der Waals surface area contributed by atoms with Crippen molar-refractivity contribution >= 4 is 23.0 Å². The first-order valence-corrected chi connectivity index (χ1v) is 6.58. The van der Waals surface area contributed by atoms with E-state index < -0.39 is 0 Å². The van der Waals surface area contributed by atoms with Gasteiger partial charge in [0.1, 0.15) is 10.8 Å². The molecule has 2 rings (SSSR count). The van der Waals surface area contributed by atoms with Crippen molar-refractivity contribution < 1.29 is 0 Å². The normalized spacial score (nSPS) is 19.6. The van der Waals surface area contributed by atoms with Crippen LogP contribution in [0.3, 0.4) is 0 Å². The average molecular weight is 264 g/mol. The van der Waals surface area contributed by atoms with Crippen molar-refractivity contribution in [2.75, 3.05) is 32.1 Å². The van der Waals surface area contributed by atoms with Crippen LogP contribution in [0.15, 0.2) is 12.3 Å². The third-order valence-electron chi connectivity index (χ3n) is 3.58. The van der Waals surface area contributed by atoms with Crippen LogP contribution in [0.25, 0.3) is 0 Å². The number of nitrogens with two attached hydrogens (primary N) is 1. The second kappa shape index (κ2) is 5.20. The molecule has 2 N–H and O–H groups in total. The fourth-order valence-electron chi connectivity index (χ4n) is 2.44. The molecule has 1 aliphatic rings. The number of hydrogen-bond donors (Lipinski definition) is 1. The molecule has 0 aromatic carbocycles.